The van der Waals surface area contributed by atoms with Gasteiger partial charge in [-0.15, -0.1) is 11.3 Å². The van der Waals surface area contributed by atoms with Crippen molar-refractivity contribution in [1.82, 2.24) is 5.32 Å². The van der Waals surface area contributed by atoms with E-state index < -0.39 is 6.10 Å². The van der Waals surface area contributed by atoms with Crippen LogP contribution in [0.15, 0.2) is 84.2 Å². The number of aliphatic hydroxyl groups excluding tert-OH is 1. The molecule has 0 radical (unpaired) electrons. The first-order valence-electron chi connectivity index (χ1n) is 8.96. The van der Waals surface area contributed by atoms with E-state index in [1.807, 2.05) is 66.0 Å². The predicted octanol–water partition coefficient (Wildman–Crippen LogP) is 5.16. The van der Waals surface area contributed by atoms with Crippen molar-refractivity contribution in [2.75, 3.05) is 6.54 Å². The molecular formula is C23H19NO3S. The molecule has 1 aromatic heterocycles. The van der Waals surface area contributed by atoms with E-state index in [1.54, 1.807) is 29.5 Å². The number of ether oxygens (including phenoxy) is 1. The van der Waals surface area contributed by atoms with Gasteiger partial charge in [0.1, 0.15) is 11.5 Å². The lowest BCUT2D eigenvalue weighted by molar-refractivity contribution is 0.0915. The third-order valence-corrected chi connectivity index (χ3v) is 5.41. The quantitative estimate of drug-likeness (QED) is 0.479. The van der Waals surface area contributed by atoms with E-state index in [9.17, 15) is 9.90 Å². The van der Waals surface area contributed by atoms with Crippen LogP contribution in [0.3, 0.4) is 0 Å². The summed E-state index contributed by atoms with van der Waals surface area (Å²) in [6.45, 7) is 0.124. The average molecular weight is 389 g/mol. The van der Waals surface area contributed by atoms with Gasteiger partial charge in [0.25, 0.3) is 5.91 Å². The molecule has 28 heavy (non-hydrogen) atoms. The van der Waals surface area contributed by atoms with Crippen LogP contribution in [0.4, 0.5) is 0 Å². The van der Waals surface area contributed by atoms with Crippen molar-refractivity contribution >= 4 is 27.3 Å². The number of thiophene rings is 1. The van der Waals surface area contributed by atoms with Crippen molar-refractivity contribution in [3.63, 3.8) is 0 Å². The number of carbonyl (C=O) groups is 1. The molecule has 0 aliphatic rings. The maximum absolute atomic E-state index is 12.7. The maximum atomic E-state index is 12.7. The molecule has 0 bridgehead atoms. The molecule has 0 saturated heterocycles. The fraction of sp³-hybridized carbons (Fsp3) is 0.0870. The van der Waals surface area contributed by atoms with Crippen molar-refractivity contribution in [3.05, 3.63) is 95.4 Å². The Morgan fingerprint density at radius 2 is 1.68 bits per heavy atom. The number of rotatable bonds is 6. The summed E-state index contributed by atoms with van der Waals surface area (Å²) in [5, 5.41) is 16.3. The van der Waals surface area contributed by atoms with Crippen LogP contribution in [0.2, 0.25) is 0 Å². The highest BCUT2D eigenvalue weighted by molar-refractivity contribution is 7.17. The second-order valence-electron chi connectivity index (χ2n) is 6.32. The summed E-state index contributed by atoms with van der Waals surface area (Å²) in [5.41, 5.74) is 1.25. The molecule has 1 heterocycles. The van der Waals surface area contributed by atoms with E-state index >= 15 is 0 Å². The lowest BCUT2D eigenvalue weighted by atomic mass is 10.1. The zero-order valence-electron chi connectivity index (χ0n) is 15.0. The largest absolute Gasteiger partial charge is 0.457 e. The minimum Gasteiger partial charge on any atom is -0.457 e. The van der Waals surface area contributed by atoms with Gasteiger partial charge < -0.3 is 15.2 Å². The van der Waals surface area contributed by atoms with Gasteiger partial charge >= 0.3 is 0 Å². The molecule has 140 valence electrons. The molecule has 1 unspecified atom stereocenters. The number of benzene rings is 3. The van der Waals surface area contributed by atoms with E-state index in [4.69, 9.17) is 4.74 Å². The number of carbonyl (C=O) groups excluding carboxylic acids is 1. The highest BCUT2D eigenvalue weighted by atomic mass is 32.1. The highest BCUT2D eigenvalue weighted by Gasteiger charge is 2.17. The van der Waals surface area contributed by atoms with Gasteiger partial charge in [0.05, 0.1) is 11.7 Å². The Labute approximate surface area is 167 Å². The molecule has 4 aromatic rings. The van der Waals surface area contributed by atoms with Gasteiger partial charge in [-0.1, -0.05) is 48.5 Å². The van der Waals surface area contributed by atoms with Gasteiger partial charge in [-0.25, -0.2) is 0 Å². The van der Waals surface area contributed by atoms with Crippen LogP contribution >= 0.6 is 11.3 Å². The van der Waals surface area contributed by atoms with Crippen molar-refractivity contribution in [3.8, 4) is 11.5 Å². The monoisotopic (exact) mass is 389 g/mol. The van der Waals surface area contributed by atoms with E-state index in [0.717, 1.165) is 15.6 Å². The van der Waals surface area contributed by atoms with Crippen molar-refractivity contribution in [2.45, 2.75) is 6.10 Å². The lowest BCUT2D eigenvalue weighted by Gasteiger charge is -2.14. The molecule has 0 saturated carbocycles. The molecule has 0 spiro atoms. The zero-order valence-corrected chi connectivity index (χ0v) is 15.9. The maximum Gasteiger partial charge on any atom is 0.255 e. The molecule has 4 rings (SSSR count). The Balaban J connectivity index is 1.47. The average Bonchev–Trinajstić information content (AvgIpc) is 3.17. The van der Waals surface area contributed by atoms with Crippen LogP contribution in [-0.2, 0) is 0 Å². The van der Waals surface area contributed by atoms with E-state index in [0.29, 0.717) is 17.1 Å². The fourth-order valence-electron chi connectivity index (χ4n) is 3.01. The number of amides is 1. The molecule has 5 heteroatoms. The van der Waals surface area contributed by atoms with Gasteiger partial charge in [-0.3, -0.25) is 4.79 Å². The number of aliphatic hydroxyl groups is 1. The van der Waals surface area contributed by atoms with Gasteiger partial charge in [-0.2, -0.15) is 0 Å². The number of para-hydroxylation sites is 2. The van der Waals surface area contributed by atoms with Crippen molar-refractivity contribution in [2.24, 2.45) is 0 Å². The van der Waals surface area contributed by atoms with Crippen LogP contribution in [-0.4, -0.2) is 17.6 Å². The summed E-state index contributed by atoms with van der Waals surface area (Å²) >= 11 is 1.58. The minimum absolute atomic E-state index is 0.124. The smallest absolute Gasteiger partial charge is 0.255 e. The van der Waals surface area contributed by atoms with Crippen LogP contribution in [0.5, 0.6) is 11.5 Å². The number of nitrogens with one attached hydrogen (secondary N) is 1. The third-order valence-electron chi connectivity index (χ3n) is 4.43. The topological polar surface area (TPSA) is 58.6 Å². The molecule has 1 atom stereocenters. The summed E-state index contributed by atoms with van der Waals surface area (Å²) in [6.07, 6.45) is -0.776. The van der Waals surface area contributed by atoms with Gasteiger partial charge in [0.15, 0.2) is 0 Å². The van der Waals surface area contributed by atoms with Crippen LogP contribution in [0, 0.1) is 0 Å². The summed E-state index contributed by atoms with van der Waals surface area (Å²) in [5.74, 6) is 0.847. The van der Waals surface area contributed by atoms with E-state index in [2.05, 4.69) is 5.32 Å². The molecule has 1 amide bonds. The number of hydrogen-bond donors (Lipinski definition) is 2. The zero-order chi connectivity index (χ0) is 19.3. The molecule has 4 nitrogen and oxygen atoms in total. The normalized spacial score (nSPS) is 11.9. The number of fused-ring (bicyclic) bond motifs is 1. The van der Waals surface area contributed by atoms with E-state index in [-0.39, 0.29) is 12.5 Å². The minimum atomic E-state index is -0.776. The highest BCUT2D eigenvalue weighted by Crippen LogP contribution is 2.30. The molecule has 2 N–H and O–H groups in total. The Morgan fingerprint density at radius 1 is 0.964 bits per heavy atom. The summed E-state index contributed by atoms with van der Waals surface area (Å²) in [6, 6.07) is 24.3. The Morgan fingerprint density at radius 3 is 2.54 bits per heavy atom. The standard InChI is InChI=1S/C23H19NO3S/c25-20(19-15-28-22-13-7-5-10-17(19)22)14-24-23(26)18-11-4-6-12-21(18)27-16-8-2-1-3-9-16/h1-13,15,20,25H,14H2,(H,24,26). The second-order valence-corrected chi connectivity index (χ2v) is 7.24. The molecule has 3 aromatic carbocycles. The predicted molar refractivity (Wildman–Crippen MR) is 112 cm³/mol. The summed E-state index contributed by atoms with van der Waals surface area (Å²) < 4.78 is 6.96. The first-order valence-corrected chi connectivity index (χ1v) is 9.84. The molecule has 0 fully saturated rings. The Kier molecular flexibility index (Phi) is 5.37. The van der Waals surface area contributed by atoms with Gasteiger partial charge in [0.2, 0.25) is 0 Å². The third kappa shape index (κ3) is 3.91. The second kappa shape index (κ2) is 8.25. The SMILES string of the molecule is O=C(NCC(O)c1csc2ccccc12)c1ccccc1Oc1ccccc1. The van der Waals surface area contributed by atoms with Gasteiger partial charge in [-0.05, 0) is 41.1 Å². The molecule has 0 aliphatic heterocycles. The van der Waals surface area contributed by atoms with Crippen LogP contribution < -0.4 is 10.1 Å². The van der Waals surface area contributed by atoms with Crippen LogP contribution in [0.1, 0.15) is 22.0 Å². The van der Waals surface area contributed by atoms with Crippen LogP contribution in [0.25, 0.3) is 10.1 Å². The summed E-state index contributed by atoms with van der Waals surface area (Å²) in [7, 11) is 0. The van der Waals surface area contributed by atoms with Gasteiger partial charge in [0, 0.05) is 16.8 Å². The Bertz CT molecular complexity index is 1090. The number of hydrogen-bond acceptors (Lipinski definition) is 4. The van der Waals surface area contributed by atoms with Crippen molar-refractivity contribution < 1.29 is 14.6 Å². The molecule has 0 aliphatic carbocycles. The molecular weight excluding hydrogens is 370 g/mol. The van der Waals surface area contributed by atoms with E-state index in [1.165, 1.54) is 0 Å². The lowest BCUT2D eigenvalue weighted by Crippen LogP contribution is -2.28. The Hall–Kier alpha value is -3.15. The fourth-order valence-corrected chi connectivity index (χ4v) is 4.02. The first kappa shape index (κ1) is 18.2. The summed E-state index contributed by atoms with van der Waals surface area (Å²) in [4.78, 5) is 12.7. The first-order chi connectivity index (χ1) is 13.7. The van der Waals surface area contributed by atoms with Crippen molar-refractivity contribution in [1.29, 1.82) is 0 Å².